The lowest BCUT2D eigenvalue weighted by Crippen LogP contribution is -2.53. The van der Waals surface area contributed by atoms with E-state index in [1.165, 1.54) is 0 Å². The summed E-state index contributed by atoms with van der Waals surface area (Å²) in [4.78, 5) is 10.7. The first-order valence-electron chi connectivity index (χ1n) is 5.27. The molecule has 1 aliphatic heterocycles. The Morgan fingerprint density at radius 2 is 2.12 bits per heavy atom. The van der Waals surface area contributed by atoms with Crippen molar-refractivity contribution in [2.45, 2.75) is 31.3 Å². The summed E-state index contributed by atoms with van der Waals surface area (Å²) in [5.41, 5.74) is 0. The average molecular weight is 267 g/mol. The van der Waals surface area contributed by atoms with Gasteiger partial charge < -0.3 is 14.9 Å². The van der Waals surface area contributed by atoms with Crippen molar-refractivity contribution < 1.29 is 28.2 Å². The smallest absolute Gasteiger partial charge is 0.323 e. The first-order valence-corrected chi connectivity index (χ1v) is 6.77. The standard InChI is InChI=1S/C9H17NO6S/c1-6-3-10(4-8(5-11)16-6)17(14,15)7(2)9(12)13/h6-8,11H,3-5H2,1-2H3,(H,12,13). The Bertz CT molecular complexity index is 381. The Kier molecular flexibility index (Phi) is 4.48. The number of aliphatic carboxylic acids is 1. The van der Waals surface area contributed by atoms with Gasteiger partial charge in [0.25, 0.3) is 0 Å². The molecule has 0 aromatic heterocycles. The van der Waals surface area contributed by atoms with E-state index in [-0.39, 0.29) is 25.8 Å². The van der Waals surface area contributed by atoms with Crippen molar-refractivity contribution in [2.24, 2.45) is 0 Å². The second kappa shape index (κ2) is 5.30. The summed E-state index contributed by atoms with van der Waals surface area (Å²) in [5, 5.41) is 16.2. The van der Waals surface area contributed by atoms with E-state index in [0.717, 1.165) is 11.2 Å². The number of hydrogen-bond donors (Lipinski definition) is 2. The van der Waals surface area contributed by atoms with Crippen molar-refractivity contribution in [2.75, 3.05) is 19.7 Å². The van der Waals surface area contributed by atoms with Crippen LogP contribution in [0.1, 0.15) is 13.8 Å². The number of carboxylic acids is 1. The molecule has 17 heavy (non-hydrogen) atoms. The van der Waals surface area contributed by atoms with Crippen LogP contribution < -0.4 is 0 Å². The van der Waals surface area contributed by atoms with Crippen LogP contribution in [0.5, 0.6) is 0 Å². The predicted octanol–water partition coefficient (Wildman–Crippen LogP) is -1.13. The summed E-state index contributed by atoms with van der Waals surface area (Å²) in [6, 6.07) is 0. The quantitative estimate of drug-likeness (QED) is 0.668. The lowest BCUT2D eigenvalue weighted by atomic mass is 10.2. The van der Waals surface area contributed by atoms with Crippen LogP contribution in [-0.4, -0.2) is 66.1 Å². The Morgan fingerprint density at radius 3 is 2.59 bits per heavy atom. The van der Waals surface area contributed by atoms with Crippen LogP contribution in [0.2, 0.25) is 0 Å². The fraction of sp³-hybridized carbons (Fsp3) is 0.889. The topological polar surface area (TPSA) is 104 Å². The number of morpholine rings is 1. The lowest BCUT2D eigenvalue weighted by molar-refractivity contribution is -0.136. The number of aliphatic hydroxyl groups excluding tert-OH is 1. The number of hydrogen-bond acceptors (Lipinski definition) is 5. The van der Waals surface area contributed by atoms with E-state index < -0.39 is 27.3 Å². The second-order valence-electron chi connectivity index (χ2n) is 4.09. The SMILES string of the molecule is CC1CN(S(=O)(=O)C(C)C(=O)O)CC(CO)O1. The number of ether oxygens (including phenoxy) is 1. The highest BCUT2D eigenvalue weighted by Crippen LogP contribution is 2.17. The third kappa shape index (κ3) is 3.15. The van der Waals surface area contributed by atoms with Crippen LogP contribution in [0.25, 0.3) is 0 Å². The highest BCUT2D eigenvalue weighted by atomic mass is 32.2. The average Bonchev–Trinajstić information content (AvgIpc) is 2.26. The van der Waals surface area contributed by atoms with E-state index in [1.54, 1.807) is 6.92 Å². The van der Waals surface area contributed by atoms with Gasteiger partial charge in [-0.25, -0.2) is 8.42 Å². The maximum Gasteiger partial charge on any atom is 0.323 e. The van der Waals surface area contributed by atoms with Gasteiger partial charge in [-0.3, -0.25) is 4.79 Å². The molecule has 1 aliphatic rings. The molecule has 0 bridgehead atoms. The van der Waals surface area contributed by atoms with E-state index in [4.69, 9.17) is 14.9 Å². The molecular weight excluding hydrogens is 250 g/mol. The molecule has 0 aromatic rings. The van der Waals surface area contributed by atoms with Crippen LogP contribution in [0.15, 0.2) is 0 Å². The van der Waals surface area contributed by atoms with Gasteiger partial charge in [0, 0.05) is 13.1 Å². The molecular formula is C9H17NO6S. The molecule has 1 rings (SSSR count). The third-order valence-corrected chi connectivity index (χ3v) is 4.76. The third-order valence-electron chi connectivity index (χ3n) is 2.65. The summed E-state index contributed by atoms with van der Waals surface area (Å²) in [7, 11) is -3.89. The number of nitrogens with zero attached hydrogens (tertiary/aromatic N) is 1. The van der Waals surface area contributed by atoms with Crippen molar-refractivity contribution in [3.63, 3.8) is 0 Å². The number of aliphatic hydroxyl groups is 1. The van der Waals surface area contributed by atoms with Crippen LogP contribution in [-0.2, 0) is 19.6 Å². The summed E-state index contributed by atoms with van der Waals surface area (Å²) < 4.78 is 30.3. The molecule has 0 spiro atoms. The Hall–Kier alpha value is -0.700. The molecule has 0 amide bonds. The lowest BCUT2D eigenvalue weighted by Gasteiger charge is -2.35. The normalized spacial score (nSPS) is 28.9. The maximum absolute atomic E-state index is 11.9. The zero-order valence-corrected chi connectivity index (χ0v) is 10.6. The van der Waals surface area contributed by atoms with Gasteiger partial charge in [0.2, 0.25) is 10.0 Å². The zero-order valence-electron chi connectivity index (χ0n) is 9.74. The van der Waals surface area contributed by atoms with Gasteiger partial charge in [-0.2, -0.15) is 4.31 Å². The number of carboxylic acid groups (broad SMARTS) is 1. The summed E-state index contributed by atoms with van der Waals surface area (Å²) in [6.45, 7) is 2.61. The maximum atomic E-state index is 11.9. The largest absolute Gasteiger partial charge is 0.480 e. The molecule has 3 unspecified atom stereocenters. The fourth-order valence-electron chi connectivity index (χ4n) is 1.66. The van der Waals surface area contributed by atoms with Crippen LogP contribution >= 0.6 is 0 Å². The van der Waals surface area contributed by atoms with Crippen molar-refractivity contribution in [1.29, 1.82) is 0 Å². The van der Waals surface area contributed by atoms with E-state index in [0.29, 0.717) is 0 Å². The van der Waals surface area contributed by atoms with E-state index in [1.807, 2.05) is 0 Å². The Morgan fingerprint density at radius 1 is 1.53 bits per heavy atom. The van der Waals surface area contributed by atoms with Gasteiger partial charge in [0.15, 0.2) is 5.25 Å². The molecule has 1 saturated heterocycles. The van der Waals surface area contributed by atoms with E-state index >= 15 is 0 Å². The molecule has 0 aliphatic carbocycles. The zero-order chi connectivity index (χ0) is 13.2. The van der Waals surface area contributed by atoms with Crippen LogP contribution in [0.3, 0.4) is 0 Å². The first kappa shape index (κ1) is 14.4. The number of rotatable bonds is 4. The van der Waals surface area contributed by atoms with E-state index in [9.17, 15) is 13.2 Å². The molecule has 0 radical (unpaired) electrons. The van der Waals surface area contributed by atoms with Gasteiger partial charge in [-0.05, 0) is 13.8 Å². The Balaban J connectivity index is 2.87. The van der Waals surface area contributed by atoms with Gasteiger partial charge >= 0.3 is 5.97 Å². The Labute approximate surface area is 100 Å². The van der Waals surface area contributed by atoms with Gasteiger partial charge in [0.1, 0.15) is 0 Å². The molecule has 2 N–H and O–H groups in total. The minimum atomic E-state index is -3.89. The molecule has 8 heteroatoms. The first-order chi connectivity index (χ1) is 7.78. The molecule has 3 atom stereocenters. The molecule has 100 valence electrons. The number of sulfonamides is 1. The van der Waals surface area contributed by atoms with Gasteiger partial charge in [-0.15, -0.1) is 0 Å². The van der Waals surface area contributed by atoms with Crippen LogP contribution in [0, 0.1) is 0 Å². The summed E-state index contributed by atoms with van der Waals surface area (Å²) in [5.74, 6) is -1.38. The molecule has 1 fully saturated rings. The summed E-state index contributed by atoms with van der Waals surface area (Å²) >= 11 is 0. The second-order valence-corrected chi connectivity index (χ2v) is 6.35. The fourth-order valence-corrected chi connectivity index (χ4v) is 3.16. The van der Waals surface area contributed by atoms with Crippen molar-refractivity contribution in [1.82, 2.24) is 4.31 Å². The minimum absolute atomic E-state index is 0.0131. The summed E-state index contributed by atoms with van der Waals surface area (Å²) in [6.07, 6.45) is -0.966. The number of carbonyl (C=O) groups is 1. The molecule has 1 heterocycles. The van der Waals surface area contributed by atoms with Gasteiger partial charge in [-0.1, -0.05) is 0 Å². The van der Waals surface area contributed by atoms with Gasteiger partial charge in [0.05, 0.1) is 18.8 Å². The molecule has 7 nitrogen and oxygen atoms in total. The molecule has 0 saturated carbocycles. The highest BCUT2D eigenvalue weighted by Gasteiger charge is 2.38. The van der Waals surface area contributed by atoms with Crippen molar-refractivity contribution >= 4 is 16.0 Å². The predicted molar refractivity (Wildman–Crippen MR) is 59.0 cm³/mol. The molecule has 0 aromatic carbocycles. The monoisotopic (exact) mass is 267 g/mol. The van der Waals surface area contributed by atoms with Crippen molar-refractivity contribution in [3.05, 3.63) is 0 Å². The highest BCUT2D eigenvalue weighted by molar-refractivity contribution is 7.90. The van der Waals surface area contributed by atoms with Crippen molar-refractivity contribution in [3.8, 4) is 0 Å². The van der Waals surface area contributed by atoms with Crippen LogP contribution in [0.4, 0.5) is 0 Å². The van der Waals surface area contributed by atoms with E-state index in [2.05, 4.69) is 0 Å². The minimum Gasteiger partial charge on any atom is -0.480 e.